The van der Waals surface area contributed by atoms with Crippen LogP contribution in [0.2, 0.25) is 0 Å². The van der Waals surface area contributed by atoms with Crippen molar-refractivity contribution in [1.82, 2.24) is 19.1 Å². The molecule has 0 atom stereocenters. The first-order valence-electron chi connectivity index (χ1n) is 18.6. The summed E-state index contributed by atoms with van der Waals surface area (Å²) in [6, 6.07) is 64.3. The molecule has 4 heterocycles. The second-order valence-electron chi connectivity index (χ2n) is 14.2. The first kappa shape index (κ1) is 30.0. The second-order valence-corrected chi connectivity index (χ2v) is 14.2. The van der Waals surface area contributed by atoms with E-state index in [-0.39, 0.29) is 0 Å². The van der Waals surface area contributed by atoms with Crippen LogP contribution in [0.3, 0.4) is 0 Å². The third kappa shape index (κ3) is 4.47. The van der Waals surface area contributed by atoms with Crippen LogP contribution >= 0.6 is 0 Å². The van der Waals surface area contributed by atoms with Gasteiger partial charge in [-0.2, -0.15) is 0 Å². The van der Waals surface area contributed by atoms with Crippen LogP contribution in [0, 0.1) is 0 Å². The van der Waals surface area contributed by atoms with Crippen LogP contribution in [0.15, 0.2) is 182 Å². The monoisotopic (exact) mass is 702 g/mol. The Morgan fingerprint density at radius 1 is 0.382 bits per heavy atom. The van der Waals surface area contributed by atoms with Crippen molar-refractivity contribution in [3.05, 3.63) is 182 Å². The lowest BCUT2D eigenvalue weighted by atomic mass is 9.98. The number of hydrogen-bond acceptors (Lipinski definition) is 3. The fraction of sp³-hybridized carbons (Fsp3) is 0. The van der Waals surface area contributed by atoms with E-state index in [0.717, 1.165) is 77.8 Å². The summed E-state index contributed by atoms with van der Waals surface area (Å²) in [5, 5.41) is 5.71. The summed E-state index contributed by atoms with van der Waals surface area (Å²) < 4.78 is 11.1. The average molecular weight is 703 g/mol. The Hall–Kier alpha value is -7.50. The zero-order valence-electron chi connectivity index (χ0n) is 29.5. The maximum atomic E-state index is 6.52. The van der Waals surface area contributed by atoms with Gasteiger partial charge >= 0.3 is 0 Å². The van der Waals surface area contributed by atoms with Crippen molar-refractivity contribution in [2.75, 3.05) is 0 Å². The standard InChI is InChI=1S/C50H30N4O/c1-3-12-31(13-4-1)34-22-25-38-47(30-34)55-46-21-11-18-41-48(46)49(38)52-50(51-41)54-43-20-10-8-17-37(43)40-29-33(24-27-45(40)54)32-23-26-44-39(28-32)36-16-7-9-19-42(36)53(44)35-14-5-2-6-15-35/h1-30H. The highest BCUT2D eigenvalue weighted by atomic mass is 16.5. The lowest BCUT2D eigenvalue weighted by Crippen LogP contribution is -2.06. The Kier molecular flexibility index (Phi) is 6.27. The van der Waals surface area contributed by atoms with Gasteiger partial charge in [-0.3, -0.25) is 4.57 Å². The molecule has 0 radical (unpaired) electrons. The molecule has 0 amide bonds. The molecule has 8 aromatic carbocycles. The normalized spacial score (nSPS) is 12.1. The van der Waals surface area contributed by atoms with Crippen LogP contribution in [0.5, 0.6) is 11.5 Å². The molecule has 1 aliphatic heterocycles. The van der Waals surface area contributed by atoms with Gasteiger partial charge in [-0.25, -0.2) is 9.97 Å². The summed E-state index contributed by atoms with van der Waals surface area (Å²) in [5.41, 5.74) is 12.9. The number of para-hydroxylation sites is 3. The fourth-order valence-electron chi connectivity index (χ4n) is 8.63. The molecule has 0 bridgehead atoms. The molecule has 5 nitrogen and oxygen atoms in total. The average Bonchev–Trinajstić information content (AvgIpc) is 3.76. The zero-order valence-corrected chi connectivity index (χ0v) is 29.5. The van der Waals surface area contributed by atoms with Crippen molar-refractivity contribution in [3.8, 4) is 56.6 Å². The van der Waals surface area contributed by atoms with Crippen LogP contribution in [0.4, 0.5) is 0 Å². The van der Waals surface area contributed by atoms with E-state index in [1.165, 1.54) is 27.4 Å². The SMILES string of the molecule is c1ccc(-c2ccc3c(c2)Oc2cccc4nc(-n5c6ccccc6c6cc(-c7ccc8c(c7)c7ccccc7n8-c7ccccc7)ccc65)nc-3c24)cc1. The van der Waals surface area contributed by atoms with Gasteiger partial charge in [-0.15, -0.1) is 0 Å². The molecule has 0 saturated carbocycles. The third-order valence-corrected chi connectivity index (χ3v) is 11.1. The maximum Gasteiger partial charge on any atom is 0.235 e. The third-order valence-electron chi connectivity index (χ3n) is 11.1. The van der Waals surface area contributed by atoms with Crippen LogP contribution in [-0.2, 0) is 0 Å². The summed E-state index contributed by atoms with van der Waals surface area (Å²) in [7, 11) is 0. The molecule has 0 saturated heterocycles. The van der Waals surface area contributed by atoms with Gasteiger partial charge in [-0.05, 0) is 95.1 Å². The van der Waals surface area contributed by atoms with E-state index in [2.05, 4.69) is 173 Å². The Morgan fingerprint density at radius 2 is 0.964 bits per heavy atom. The minimum atomic E-state index is 0.633. The molecule has 55 heavy (non-hydrogen) atoms. The van der Waals surface area contributed by atoms with Gasteiger partial charge in [-0.1, -0.05) is 109 Å². The summed E-state index contributed by atoms with van der Waals surface area (Å²) in [4.78, 5) is 10.6. The highest BCUT2D eigenvalue weighted by molar-refractivity contribution is 6.13. The van der Waals surface area contributed by atoms with Crippen molar-refractivity contribution < 1.29 is 4.74 Å². The minimum Gasteiger partial charge on any atom is -0.456 e. The van der Waals surface area contributed by atoms with E-state index in [9.17, 15) is 0 Å². The van der Waals surface area contributed by atoms with E-state index in [1.807, 2.05) is 18.2 Å². The molecule has 256 valence electrons. The van der Waals surface area contributed by atoms with Crippen molar-refractivity contribution in [2.24, 2.45) is 0 Å². The molecule has 12 rings (SSSR count). The summed E-state index contributed by atoms with van der Waals surface area (Å²) in [5.74, 6) is 2.20. The molecule has 0 unspecified atom stereocenters. The van der Waals surface area contributed by atoms with E-state index in [1.54, 1.807) is 0 Å². The number of hydrogen-bond donors (Lipinski definition) is 0. The maximum absolute atomic E-state index is 6.52. The van der Waals surface area contributed by atoms with Crippen molar-refractivity contribution in [1.29, 1.82) is 0 Å². The quantitative estimate of drug-likeness (QED) is 0.183. The lowest BCUT2D eigenvalue weighted by Gasteiger charge is -2.22. The van der Waals surface area contributed by atoms with Gasteiger partial charge in [0.1, 0.15) is 11.5 Å². The molecule has 0 fully saturated rings. The molecular formula is C50H30N4O. The number of nitrogens with zero attached hydrogens (tertiary/aromatic N) is 4. The van der Waals surface area contributed by atoms with Crippen LogP contribution in [-0.4, -0.2) is 19.1 Å². The Labute approximate surface area is 316 Å². The van der Waals surface area contributed by atoms with Gasteiger partial charge in [0, 0.05) is 32.8 Å². The molecule has 11 aromatic rings. The van der Waals surface area contributed by atoms with Crippen LogP contribution in [0.1, 0.15) is 0 Å². The molecule has 3 aromatic heterocycles. The first-order chi connectivity index (χ1) is 27.3. The number of fused-ring (bicyclic) bond motifs is 8. The van der Waals surface area contributed by atoms with Crippen LogP contribution < -0.4 is 4.74 Å². The topological polar surface area (TPSA) is 44.9 Å². The molecule has 1 aliphatic rings. The highest BCUT2D eigenvalue weighted by Crippen LogP contribution is 2.47. The number of aromatic nitrogens is 4. The van der Waals surface area contributed by atoms with Gasteiger partial charge in [0.25, 0.3) is 0 Å². The highest BCUT2D eigenvalue weighted by Gasteiger charge is 2.25. The van der Waals surface area contributed by atoms with E-state index in [0.29, 0.717) is 5.95 Å². The first-order valence-corrected chi connectivity index (χ1v) is 18.6. The zero-order chi connectivity index (χ0) is 36.0. The number of rotatable bonds is 4. The molecule has 0 aliphatic carbocycles. The smallest absolute Gasteiger partial charge is 0.235 e. The second kappa shape index (κ2) is 11.5. The molecule has 0 N–H and O–H groups in total. The summed E-state index contributed by atoms with van der Waals surface area (Å²) in [6.07, 6.45) is 0. The molecule has 0 spiro atoms. The van der Waals surface area contributed by atoms with E-state index >= 15 is 0 Å². The lowest BCUT2D eigenvalue weighted by molar-refractivity contribution is 0.486. The predicted molar refractivity (Wildman–Crippen MR) is 225 cm³/mol. The van der Waals surface area contributed by atoms with Gasteiger partial charge in [0.15, 0.2) is 0 Å². The number of benzene rings is 8. The summed E-state index contributed by atoms with van der Waals surface area (Å²) >= 11 is 0. The number of ether oxygens (including phenoxy) is 1. The van der Waals surface area contributed by atoms with Crippen molar-refractivity contribution >= 4 is 54.5 Å². The van der Waals surface area contributed by atoms with Crippen molar-refractivity contribution in [2.45, 2.75) is 0 Å². The fourth-order valence-corrected chi connectivity index (χ4v) is 8.63. The van der Waals surface area contributed by atoms with E-state index in [4.69, 9.17) is 14.7 Å². The van der Waals surface area contributed by atoms with Gasteiger partial charge in [0.2, 0.25) is 5.95 Å². The predicted octanol–water partition coefficient (Wildman–Crippen LogP) is 12.9. The van der Waals surface area contributed by atoms with Gasteiger partial charge in [0.05, 0.1) is 38.7 Å². The Balaban J connectivity index is 1.03. The van der Waals surface area contributed by atoms with E-state index < -0.39 is 0 Å². The molecular weight excluding hydrogens is 673 g/mol. The molecule has 5 heteroatoms. The van der Waals surface area contributed by atoms with Crippen molar-refractivity contribution in [3.63, 3.8) is 0 Å². The Morgan fingerprint density at radius 3 is 1.69 bits per heavy atom. The largest absolute Gasteiger partial charge is 0.456 e. The Bertz CT molecular complexity index is 3340. The van der Waals surface area contributed by atoms with Gasteiger partial charge < -0.3 is 9.30 Å². The summed E-state index contributed by atoms with van der Waals surface area (Å²) in [6.45, 7) is 0. The minimum absolute atomic E-state index is 0.633. The van der Waals surface area contributed by atoms with Crippen LogP contribution in [0.25, 0.3) is 99.7 Å².